The van der Waals surface area contributed by atoms with Crippen LogP contribution in [0.15, 0.2) is 48.5 Å². The van der Waals surface area contributed by atoms with Crippen LogP contribution in [0.25, 0.3) is 0 Å². The fourth-order valence-electron chi connectivity index (χ4n) is 7.87. The van der Waals surface area contributed by atoms with Crippen molar-refractivity contribution in [3.63, 3.8) is 0 Å². The van der Waals surface area contributed by atoms with E-state index in [0.717, 1.165) is 38.5 Å². The lowest BCUT2D eigenvalue weighted by atomic mass is 9.74. The molecule has 258 valence electrons. The van der Waals surface area contributed by atoms with Gasteiger partial charge >= 0.3 is 17.9 Å². The second kappa shape index (κ2) is 16.7. The predicted molar refractivity (Wildman–Crippen MR) is 183 cm³/mol. The van der Waals surface area contributed by atoms with E-state index in [0.29, 0.717) is 29.1 Å². The van der Waals surface area contributed by atoms with Crippen molar-refractivity contribution in [1.29, 1.82) is 0 Å². The lowest BCUT2D eigenvalue weighted by Gasteiger charge is -2.41. The number of hydrogen-bond acceptors (Lipinski definition) is 7. The summed E-state index contributed by atoms with van der Waals surface area (Å²) in [5.41, 5.74) is 2.91. The van der Waals surface area contributed by atoms with E-state index in [1.165, 1.54) is 43.2 Å². The molecule has 0 aromatic heterocycles. The van der Waals surface area contributed by atoms with Crippen LogP contribution in [0.1, 0.15) is 121 Å². The van der Waals surface area contributed by atoms with E-state index in [-0.39, 0.29) is 47.6 Å². The van der Waals surface area contributed by atoms with E-state index >= 15 is 0 Å². The highest BCUT2D eigenvalue weighted by molar-refractivity contribution is 5.89. The molecule has 0 radical (unpaired) electrons. The molecule has 5 atom stereocenters. The maximum absolute atomic E-state index is 12.6. The minimum Gasteiger partial charge on any atom is -0.508 e. The van der Waals surface area contributed by atoms with E-state index in [1.807, 2.05) is 50.2 Å². The summed E-state index contributed by atoms with van der Waals surface area (Å²) in [6.07, 6.45) is 11.6. The van der Waals surface area contributed by atoms with Gasteiger partial charge in [-0.3, -0.25) is 9.59 Å². The van der Waals surface area contributed by atoms with Crippen molar-refractivity contribution in [2.75, 3.05) is 0 Å². The van der Waals surface area contributed by atoms with E-state index in [1.54, 1.807) is 12.1 Å². The molecule has 4 aliphatic rings. The summed E-state index contributed by atoms with van der Waals surface area (Å²) in [5, 5.41) is 8.85. The van der Waals surface area contributed by atoms with Gasteiger partial charge in [-0.05, 0) is 92.7 Å². The highest BCUT2D eigenvalue weighted by Gasteiger charge is 2.63. The summed E-state index contributed by atoms with van der Waals surface area (Å²) < 4.78 is 16.9. The van der Waals surface area contributed by atoms with Gasteiger partial charge in [0.1, 0.15) is 23.6 Å². The number of esters is 3. The zero-order valence-electron chi connectivity index (χ0n) is 29.3. The van der Waals surface area contributed by atoms with Crippen LogP contribution in [0, 0.1) is 29.6 Å². The monoisotopic (exact) mass is 648 g/mol. The molecule has 1 saturated heterocycles. The van der Waals surface area contributed by atoms with Crippen LogP contribution >= 0.6 is 0 Å². The van der Waals surface area contributed by atoms with Crippen molar-refractivity contribution in [2.45, 2.75) is 130 Å². The second-order valence-corrected chi connectivity index (χ2v) is 14.0. The molecule has 7 heteroatoms. The topological polar surface area (TPSA) is 99.1 Å². The van der Waals surface area contributed by atoms with Gasteiger partial charge in [0.2, 0.25) is 0 Å². The molecule has 1 N–H and O–H groups in total. The average Bonchev–Trinajstić information content (AvgIpc) is 3.74. The molecule has 0 spiro atoms. The van der Waals surface area contributed by atoms with Crippen molar-refractivity contribution >= 4 is 17.9 Å². The highest BCUT2D eigenvalue weighted by Crippen LogP contribution is 2.55. The molecule has 6 rings (SSSR count). The molecule has 4 fully saturated rings. The molecule has 3 saturated carbocycles. The fourth-order valence-corrected chi connectivity index (χ4v) is 7.87. The van der Waals surface area contributed by atoms with Crippen molar-refractivity contribution in [1.82, 2.24) is 0 Å². The van der Waals surface area contributed by atoms with Crippen LogP contribution in [0.2, 0.25) is 0 Å². The molecule has 1 heterocycles. The normalized spacial score (nSPS) is 24.5. The summed E-state index contributed by atoms with van der Waals surface area (Å²) in [4.78, 5) is 35.7. The van der Waals surface area contributed by atoms with Crippen LogP contribution in [0.4, 0.5) is 0 Å². The summed E-state index contributed by atoms with van der Waals surface area (Å²) >= 11 is 0. The summed E-state index contributed by atoms with van der Waals surface area (Å²) in [7, 11) is 0. The molecule has 2 aromatic carbocycles. The van der Waals surface area contributed by atoms with Gasteiger partial charge in [-0.1, -0.05) is 85.1 Å². The summed E-state index contributed by atoms with van der Waals surface area (Å²) in [5.74, 6) is 1.06. The number of aromatic hydroxyl groups is 1. The Hall–Kier alpha value is -3.35. The molecule has 3 aliphatic carbocycles. The largest absolute Gasteiger partial charge is 0.508 e. The molecule has 5 unspecified atom stereocenters. The number of carbonyl (C=O) groups is 3. The molecule has 7 nitrogen and oxygen atoms in total. The van der Waals surface area contributed by atoms with E-state index < -0.39 is 0 Å². The van der Waals surface area contributed by atoms with Gasteiger partial charge in [-0.25, -0.2) is 4.79 Å². The number of phenolic OH excluding ortho intramolecular Hbond substituents is 1. The first-order valence-electron chi connectivity index (χ1n) is 18.1. The highest BCUT2D eigenvalue weighted by atomic mass is 16.6. The zero-order chi connectivity index (χ0) is 34.1. The number of phenols is 1. The number of rotatable bonds is 9. The molecule has 1 aliphatic heterocycles. The van der Waals surface area contributed by atoms with Gasteiger partial charge in [0.05, 0.1) is 17.4 Å². The maximum atomic E-state index is 12.6. The van der Waals surface area contributed by atoms with Crippen LogP contribution in [0.3, 0.4) is 0 Å². The van der Waals surface area contributed by atoms with Gasteiger partial charge in [0, 0.05) is 11.8 Å². The minimum absolute atomic E-state index is 0.0828. The van der Waals surface area contributed by atoms with Crippen LogP contribution < -0.4 is 0 Å². The maximum Gasteiger partial charge on any atom is 0.338 e. The Balaban J connectivity index is 0.000000174. The molecule has 2 bridgehead atoms. The van der Waals surface area contributed by atoms with Gasteiger partial charge in [0.25, 0.3) is 0 Å². The van der Waals surface area contributed by atoms with E-state index in [9.17, 15) is 14.4 Å². The van der Waals surface area contributed by atoms with Gasteiger partial charge in [-0.2, -0.15) is 0 Å². The number of hydrogen-bond donors (Lipinski definition) is 1. The second-order valence-electron chi connectivity index (χ2n) is 14.0. The van der Waals surface area contributed by atoms with Gasteiger partial charge < -0.3 is 19.3 Å². The molecule has 2 aromatic rings. The summed E-state index contributed by atoms with van der Waals surface area (Å²) in [6, 6.07) is 15.1. The lowest BCUT2D eigenvalue weighted by molar-refractivity contribution is -0.164. The number of carbonyl (C=O) groups excluding carboxylic acids is 3. The Labute approximate surface area is 281 Å². The van der Waals surface area contributed by atoms with E-state index in [2.05, 4.69) is 27.7 Å². The first-order valence-corrected chi connectivity index (χ1v) is 18.1. The van der Waals surface area contributed by atoms with Crippen molar-refractivity contribution in [3.8, 4) is 5.75 Å². The number of fused-ring (bicyclic) bond motifs is 1. The van der Waals surface area contributed by atoms with Crippen molar-refractivity contribution < 1.29 is 33.7 Å². The number of aryl methyl sites for hydroxylation is 2. The van der Waals surface area contributed by atoms with E-state index in [4.69, 9.17) is 19.3 Å². The standard InChI is InChI=1S/C20H30O2.C12H16O4.C8H10O/c1-4-16-12-14-17(15-13-16)19(21)22-20(5-2,6-3)18-10-8-7-9-11-18;1-5(2)11(13)15-9-6-3-7-8(4-6)12(14)16-10(7)9;1-2-7-3-5-8(9)6-4-7/h12-15,18H,4-11H2,1-3H3;5-10H,3-4H2,1-2H3;3-6,9H,2H2,1H3. The molecular formula is C40H56O7. The molecular weight excluding hydrogens is 592 g/mol. The van der Waals surface area contributed by atoms with Crippen LogP contribution in [-0.2, 0) is 36.6 Å². The van der Waals surface area contributed by atoms with Gasteiger partial charge in [0.15, 0.2) is 0 Å². The van der Waals surface area contributed by atoms with Gasteiger partial charge in [-0.15, -0.1) is 0 Å². The van der Waals surface area contributed by atoms with Crippen molar-refractivity contribution in [3.05, 3.63) is 65.2 Å². The lowest BCUT2D eigenvalue weighted by Crippen LogP contribution is -2.42. The molecule has 0 amide bonds. The minimum atomic E-state index is -0.277. The Bertz CT molecular complexity index is 1310. The Morgan fingerprint density at radius 1 is 0.872 bits per heavy atom. The Morgan fingerprint density at radius 2 is 1.45 bits per heavy atom. The average molecular weight is 649 g/mol. The first-order chi connectivity index (χ1) is 22.5. The quantitative estimate of drug-likeness (QED) is 0.215. The zero-order valence-corrected chi connectivity index (χ0v) is 29.3. The smallest absolute Gasteiger partial charge is 0.338 e. The van der Waals surface area contributed by atoms with Crippen LogP contribution in [-0.4, -0.2) is 40.8 Å². The third kappa shape index (κ3) is 8.77. The Morgan fingerprint density at radius 3 is 1.98 bits per heavy atom. The SMILES string of the molecule is CC(C)C(=O)OC1C2CC3C(=O)OC1C3C2.CCc1ccc(C(=O)OC(CC)(CC)C2CCCCC2)cc1.CCc1ccc(O)cc1. The molecule has 47 heavy (non-hydrogen) atoms. The number of benzene rings is 2. The first kappa shape index (κ1) is 36.5. The third-order valence-electron chi connectivity index (χ3n) is 10.9. The van der Waals surface area contributed by atoms with Crippen molar-refractivity contribution in [2.24, 2.45) is 29.6 Å². The Kier molecular flexibility index (Phi) is 12.9. The van der Waals surface area contributed by atoms with Crippen LogP contribution in [0.5, 0.6) is 5.75 Å². The fraction of sp³-hybridized carbons (Fsp3) is 0.625. The third-order valence-corrected chi connectivity index (χ3v) is 10.9. The summed E-state index contributed by atoms with van der Waals surface area (Å²) in [6.45, 7) is 12.2. The number of ether oxygens (including phenoxy) is 3. The predicted octanol–water partition coefficient (Wildman–Crippen LogP) is 8.64.